The van der Waals surface area contributed by atoms with Crippen LogP contribution >= 0.6 is 0 Å². The Kier molecular flexibility index (Phi) is 6.01. The summed E-state index contributed by atoms with van der Waals surface area (Å²) in [7, 11) is -3.99. The number of rotatable bonds is 5. The van der Waals surface area contributed by atoms with E-state index in [4.69, 9.17) is 4.74 Å². The van der Waals surface area contributed by atoms with Crippen molar-refractivity contribution in [2.24, 2.45) is 0 Å². The Hall–Kier alpha value is -1.93. The van der Waals surface area contributed by atoms with Gasteiger partial charge in [0.05, 0.1) is 17.9 Å². The largest absolute Gasteiger partial charge is 0.466 e. The van der Waals surface area contributed by atoms with Gasteiger partial charge in [0.2, 0.25) is 15.9 Å². The Balaban J connectivity index is 2.54. The number of nitrogens with zero attached hydrogens (tertiary/aromatic N) is 1. The van der Waals surface area contributed by atoms with Crippen LogP contribution in [0.25, 0.3) is 0 Å². The first-order valence-electron chi connectivity index (χ1n) is 8.96. The number of ether oxygens (including phenoxy) is 1. The van der Waals surface area contributed by atoms with Gasteiger partial charge in [-0.1, -0.05) is 17.7 Å². The second-order valence-electron chi connectivity index (χ2n) is 7.68. The number of aryl methyl sites for hydroxylation is 3. The second-order valence-corrected chi connectivity index (χ2v) is 9.50. The van der Waals surface area contributed by atoms with E-state index < -0.39 is 33.5 Å². The molecular weight excluding hydrogens is 368 g/mol. The van der Waals surface area contributed by atoms with Gasteiger partial charge in [0.25, 0.3) is 0 Å². The van der Waals surface area contributed by atoms with E-state index in [0.29, 0.717) is 11.1 Å². The zero-order valence-corrected chi connectivity index (χ0v) is 17.6. The molecule has 0 radical (unpaired) electrons. The van der Waals surface area contributed by atoms with Gasteiger partial charge in [0.1, 0.15) is 6.04 Å². The number of hydrogen-bond donors (Lipinski definition) is 1. The van der Waals surface area contributed by atoms with Crippen LogP contribution in [0.5, 0.6) is 0 Å². The van der Waals surface area contributed by atoms with E-state index in [1.807, 2.05) is 6.92 Å². The Bertz CT molecular complexity index is 838. The smallest absolute Gasteiger partial charge is 0.307 e. The van der Waals surface area contributed by atoms with Gasteiger partial charge in [-0.3, -0.25) is 9.59 Å². The SMILES string of the molecule is CCOC(=O)C[C@@H]1C(=O)NC(C)(C)CN1S(=O)(=O)c1c(C)cc(C)cc1C. The van der Waals surface area contributed by atoms with Crippen molar-refractivity contribution in [2.45, 2.75) is 64.4 Å². The molecule has 1 aliphatic heterocycles. The molecule has 7 nitrogen and oxygen atoms in total. The van der Waals surface area contributed by atoms with Crippen molar-refractivity contribution in [3.8, 4) is 0 Å². The Morgan fingerprint density at radius 1 is 1.26 bits per heavy atom. The van der Waals surface area contributed by atoms with Gasteiger partial charge in [0.15, 0.2) is 0 Å². The molecule has 1 saturated heterocycles. The van der Waals surface area contributed by atoms with Gasteiger partial charge in [-0.2, -0.15) is 4.31 Å². The average molecular weight is 397 g/mol. The van der Waals surface area contributed by atoms with Crippen molar-refractivity contribution in [1.82, 2.24) is 9.62 Å². The fourth-order valence-corrected chi connectivity index (χ4v) is 5.77. The van der Waals surface area contributed by atoms with Crippen molar-refractivity contribution in [3.05, 3.63) is 28.8 Å². The van der Waals surface area contributed by atoms with E-state index in [1.54, 1.807) is 46.8 Å². The highest BCUT2D eigenvalue weighted by molar-refractivity contribution is 7.89. The van der Waals surface area contributed by atoms with Crippen LogP contribution in [0.2, 0.25) is 0 Å². The van der Waals surface area contributed by atoms with Crippen molar-refractivity contribution in [2.75, 3.05) is 13.2 Å². The molecule has 0 aliphatic carbocycles. The quantitative estimate of drug-likeness (QED) is 0.767. The van der Waals surface area contributed by atoms with Gasteiger partial charge in [-0.15, -0.1) is 0 Å². The lowest BCUT2D eigenvalue weighted by Crippen LogP contribution is -2.66. The van der Waals surface area contributed by atoms with Crippen LogP contribution in [-0.2, 0) is 24.3 Å². The summed E-state index contributed by atoms with van der Waals surface area (Å²) in [6, 6.07) is 2.47. The van der Waals surface area contributed by atoms with Gasteiger partial charge in [-0.25, -0.2) is 8.42 Å². The van der Waals surface area contributed by atoms with Crippen molar-refractivity contribution < 1.29 is 22.7 Å². The van der Waals surface area contributed by atoms with Gasteiger partial charge >= 0.3 is 5.97 Å². The number of nitrogens with one attached hydrogen (secondary N) is 1. The second kappa shape index (κ2) is 7.59. The van der Waals surface area contributed by atoms with E-state index in [-0.39, 0.29) is 24.5 Å². The lowest BCUT2D eigenvalue weighted by molar-refractivity contribution is -0.147. The minimum absolute atomic E-state index is 0.0674. The number of benzene rings is 1. The number of carbonyl (C=O) groups is 2. The maximum atomic E-state index is 13.5. The van der Waals surface area contributed by atoms with E-state index in [2.05, 4.69) is 5.32 Å². The fourth-order valence-electron chi connectivity index (χ4n) is 3.60. The monoisotopic (exact) mass is 396 g/mol. The molecule has 8 heteroatoms. The normalized spacial score (nSPS) is 20.2. The number of piperazine rings is 1. The molecule has 0 saturated carbocycles. The fraction of sp³-hybridized carbons (Fsp3) is 0.579. The molecule has 1 aromatic rings. The summed E-state index contributed by atoms with van der Waals surface area (Å²) >= 11 is 0. The lowest BCUT2D eigenvalue weighted by atomic mass is 9.99. The number of amides is 1. The molecule has 150 valence electrons. The first-order chi connectivity index (χ1) is 12.4. The van der Waals surface area contributed by atoms with Crippen LogP contribution in [0.4, 0.5) is 0 Å². The standard InChI is InChI=1S/C19H28N2O5S/c1-7-26-16(22)10-15-18(23)20-19(5,6)11-21(15)27(24,25)17-13(3)8-12(2)9-14(17)4/h8-9,15H,7,10-11H2,1-6H3,(H,20,23)/t15-/m1/s1. The average Bonchev–Trinajstić information content (AvgIpc) is 2.48. The van der Waals surface area contributed by atoms with E-state index in [0.717, 1.165) is 9.87 Å². The predicted molar refractivity (Wildman–Crippen MR) is 102 cm³/mol. The molecular formula is C19H28N2O5S. The van der Waals surface area contributed by atoms with Crippen molar-refractivity contribution >= 4 is 21.9 Å². The zero-order chi connectivity index (χ0) is 20.6. The molecule has 2 rings (SSSR count). The molecule has 1 heterocycles. The van der Waals surface area contributed by atoms with E-state index >= 15 is 0 Å². The third kappa shape index (κ3) is 4.50. The molecule has 27 heavy (non-hydrogen) atoms. The molecule has 0 unspecified atom stereocenters. The van der Waals surface area contributed by atoms with E-state index in [1.165, 1.54) is 0 Å². The molecule has 1 N–H and O–H groups in total. The van der Waals surface area contributed by atoms with Gasteiger partial charge < -0.3 is 10.1 Å². The number of carbonyl (C=O) groups excluding carboxylic acids is 2. The Morgan fingerprint density at radius 2 is 1.81 bits per heavy atom. The molecule has 0 spiro atoms. The minimum atomic E-state index is -3.99. The van der Waals surface area contributed by atoms with E-state index in [9.17, 15) is 18.0 Å². The van der Waals surface area contributed by atoms with Crippen molar-refractivity contribution in [3.63, 3.8) is 0 Å². The molecule has 1 aromatic carbocycles. The van der Waals surface area contributed by atoms with Crippen LogP contribution in [0.3, 0.4) is 0 Å². The van der Waals surface area contributed by atoms with Crippen LogP contribution in [0, 0.1) is 20.8 Å². The molecule has 0 aromatic heterocycles. The third-order valence-corrected chi connectivity index (χ3v) is 6.66. The molecule has 1 aliphatic rings. The summed E-state index contributed by atoms with van der Waals surface area (Å²) in [5, 5.41) is 2.79. The Labute approximate surface area is 161 Å². The minimum Gasteiger partial charge on any atom is -0.466 e. The summed E-state index contributed by atoms with van der Waals surface area (Å²) in [4.78, 5) is 24.8. The lowest BCUT2D eigenvalue weighted by Gasteiger charge is -2.42. The molecule has 1 fully saturated rings. The summed E-state index contributed by atoms with van der Waals surface area (Å²) in [6.07, 6.45) is -0.320. The first kappa shape index (κ1) is 21.4. The summed E-state index contributed by atoms with van der Waals surface area (Å²) in [6.45, 7) is 10.8. The third-order valence-electron chi connectivity index (χ3n) is 4.50. The Morgan fingerprint density at radius 3 is 2.33 bits per heavy atom. The van der Waals surface area contributed by atoms with Crippen LogP contribution in [-0.4, -0.2) is 49.3 Å². The topological polar surface area (TPSA) is 92.8 Å². The number of sulfonamides is 1. The highest BCUT2D eigenvalue weighted by Crippen LogP contribution is 2.30. The van der Waals surface area contributed by atoms with Crippen LogP contribution in [0.15, 0.2) is 17.0 Å². The van der Waals surface area contributed by atoms with Crippen LogP contribution < -0.4 is 5.32 Å². The summed E-state index contributed by atoms with van der Waals surface area (Å²) < 4.78 is 33.1. The first-order valence-corrected chi connectivity index (χ1v) is 10.4. The van der Waals surface area contributed by atoms with Crippen molar-refractivity contribution in [1.29, 1.82) is 0 Å². The predicted octanol–water partition coefficient (Wildman–Crippen LogP) is 1.83. The zero-order valence-electron chi connectivity index (χ0n) is 16.8. The highest BCUT2D eigenvalue weighted by atomic mass is 32.2. The molecule has 1 atom stereocenters. The summed E-state index contributed by atoms with van der Waals surface area (Å²) in [5.41, 5.74) is 1.45. The van der Waals surface area contributed by atoms with Gasteiger partial charge in [0, 0.05) is 12.1 Å². The van der Waals surface area contributed by atoms with Gasteiger partial charge in [-0.05, 0) is 52.7 Å². The van der Waals surface area contributed by atoms with Crippen LogP contribution in [0.1, 0.15) is 43.9 Å². The maximum Gasteiger partial charge on any atom is 0.307 e. The summed E-state index contributed by atoms with van der Waals surface area (Å²) in [5.74, 6) is -1.10. The maximum absolute atomic E-state index is 13.5. The molecule has 0 bridgehead atoms. The number of hydrogen-bond acceptors (Lipinski definition) is 5. The molecule has 1 amide bonds. The highest BCUT2D eigenvalue weighted by Gasteiger charge is 2.46. The number of esters is 1.